The third kappa shape index (κ3) is 7.94. The molecule has 0 aliphatic heterocycles. The molecule has 0 aliphatic carbocycles. The maximum absolute atomic E-state index is 11.4. The predicted molar refractivity (Wildman–Crippen MR) is 74.8 cm³/mol. The molecule has 106 valence electrons. The molecular weight excluding hydrogens is 244 g/mol. The third-order valence-corrected chi connectivity index (χ3v) is 2.15. The summed E-state index contributed by atoms with van der Waals surface area (Å²) in [5, 5.41) is 5.32. The lowest BCUT2D eigenvalue weighted by Crippen LogP contribution is -2.41. The zero-order valence-electron chi connectivity index (χ0n) is 11.9. The van der Waals surface area contributed by atoms with E-state index in [0.29, 0.717) is 6.42 Å². The molecule has 0 saturated heterocycles. The summed E-state index contributed by atoms with van der Waals surface area (Å²) in [6, 6.07) is 8.85. The van der Waals surface area contributed by atoms with Crippen LogP contribution in [-0.2, 0) is 20.7 Å². The fourth-order valence-corrected chi connectivity index (χ4v) is 1.43. The van der Waals surface area contributed by atoms with Crippen molar-refractivity contribution in [1.29, 1.82) is 0 Å². The van der Waals surface area contributed by atoms with E-state index >= 15 is 0 Å². The Balaban J connectivity index is 0.000000982. The molecule has 2 N–H and O–H groups in total. The van der Waals surface area contributed by atoms with E-state index in [1.54, 1.807) is 0 Å². The van der Waals surface area contributed by atoms with Gasteiger partial charge in [-0.15, -0.1) is 0 Å². The highest BCUT2D eigenvalue weighted by atomic mass is 16.5. The van der Waals surface area contributed by atoms with Crippen LogP contribution in [0.25, 0.3) is 0 Å². The number of hydrogen-bond acceptors (Lipinski definition) is 4. The van der Waals surface area contributed by atoms with E-state index in [4.69, 9.17) is 0 Å². The number of carbonyl (C=O) groups is 2. The zero-order valence-corrected chi connectivity index (χ0v) is 11.9. The summed E-state index contributed by atoms with van der Waals surface area (Å²) in [6.45, 7) is 1.38. The van der Waals surface area contributed by atoms with Crippen LogP contribution in [-0.4, -0.2) is 39.1 Å². The van der Waals surface area contributed by atoms with Crippen LogP contribution in [0.5, 0.6) is 0 Å². The second kappa shape index (κ2) is 10.1. The van der Waals surface area contributed by atoms with Crippen LogP contribution >= 0.6 is 0 Å². The zero-order chi connectivity index (χ0) is 14.7. The molecule has 0 radical (unpaired) electrons. The Morgan fingerprint density at radius 1 is 1.21 bits per heavy atom. The fraction of sp³-hybridized carbons (Fsp3) is 0.429. The Morgan fingerprint density at radius 3 is 2.16 bits per heavy atom. The second-order valence-electron chi connectivity index (χ2n) is 3.97. The molecule has 5 heteroatoms. The van der Waals surface area contributed by atoms with Gasteiger partial charge in [0.15, 0.2) is 0 Å². The molecule has 5 nitrogen and oxygen atoms in total. The maximum atomic E-state index is 11.4. The Kier molecular flexibility index (Phi) is 9.08. The number of carbonyl (C=O) groups excluding carboxylic acids is 2. The van der Waals surface area contributed by atoms with E-state index < -0.39 is 12.0 Å². The van der Waals surface area contributed by atoms with Crippen LogP contribution in [0.3, 0.4) is 0 Å². The second-order valence-corrected chi connectivity index (χ2v) is 3.97. The van der Waals surface area contributed by atoms with Crippen molar-refractivity contribution >= 4 is 11.9 Å². The first kappa shape index (κ1) is 17.1. The van der Waals surface area contributed by atoms with Crippen LogP contribution in [0.1, 0.15) is 12.5 Å². The molecule has 1 aromatic rings. The summed E-state index contributed by atoms with van der Waals surface area (Å²) in [4.78, 5) is 22.4. The van der Waals surface area contributed by atoms with Gasteiger partial charge in [0.25, 0.3) is 0 Å². The Bertz CT molecular complexity index is 380. The van der Waals surface area contributed by atoms with Crippen molar-refractivity contribution in [3.05, 3.63) is 35.9 Å². The van der Waals surface area contributed by atoms with E-state index in [-0.39, 0.29) is 5.91 Å². The molecule has 1 amide bonds. The molecule has 0 aromatic heterocycles. The monoisotopic (exact) mass is 266 g/mol. The van der Waals surface area contributed by atoms with Gasteiger partial charge in [0.2, 0.25) is 5.91 Å². The third-order valence-electron chi connectivity index (χ3n) is 2.15. The van der Waals surface area contributed by atoms with Crippen LogP contribution in [0.15, 0.2) is 30.3 Å². The van der Waals surface area contributed by atoms with E-state index in [2.05, 4.69) is 15.4 Å². The quantitative estimate of drug-likeness (QED) is 0.789. The molecule has 0 aliphatic rings. The number of esters is 1. The molecule has 19 heavy (non-hydrogen) atoms. The van der Waals surface area contributed by atoms with Crippen molar-refractivity contribution in [2.45, 2.75) is 19.4 Å². The molecule has 0 heterocycles. The van der Waals surface area contributed by atoms with Gasteiger partial charge in [0.05, 0.1) is 7.11 Å². The molecule has 0 saturated carbocycles. The number of rotatable bonds is 4. The minimum absolute atomic E-state index is 0.244. The number of ether oxygens (including phenoxy) is 1. The number of methoxy groups -OCH3 is 1. The molecule has 1 unspecified atom stereocenters. The first-order chi connectivity index (χ1) is 9.04. The van der Waals surface area contributed by atoms with Crippen LogP contribution in [0.4, 0.5) is 0 Å². The Hall–Kier alpha value is -1.88. The van der Waals surface area contributed by atoms with Crippen molar-refractivity contribution in [3.8, 4) is 0 Å². The fourth-order valence-electron chi connectivity index (χ4n) is 1.43. The van der Waals surface area contributed by atoms with Crippen LogP contribution < -0.4 is 10.6 Å². The highest BCUT2D eigenvalue weighted by Crippen LogP contribution is 2.04. The molecule has 0 bridgehead atoms. The highest BCUT2D eigenvalue weighted by Gasteiger charge is 2.20. The molecular formula is C14H22N2O3. The van der Waals surface area contributed by atoms with Gasteiger partial charge in [-0.3, -0.25) is 4.79 Å². The summed E-state index contributed by atoms with van der Waals surface area (Å²) in [6.07, 6.45) is 0.438. The Morgan fingerprint density at radius 2 is 1.74 bits per heavy atom. The normalized spacial score (nSPS) is 10.7. The topological polar surface area (TPSA) is 67.4 Å². The Labute approximate surface area is 114 Å². The first-order valence-electron chi connectivity index (χ1n) is 6.02. The average Bonchev–Trinajstić information content (AvgIpc) is 2.38. The van der Waals surface area contributed by atoms with E-state index in [1.807, 2.05) is 44.4 Å². The van der Waals surface area contributed by atoms with Crippen molar-refractivity contribution in [1.82, 2.24) is 10.6 Å². The summed E-state index contributed by atoms with van der Waals surface area (Å²) in [5.74, 6) is -0.676. The lowest BCUT2D eigenvalue weighted by molar-refractivity contribution is -0.144. The van der Waals surface area contributed by atoms with Gasteiger partial charge in [0, 0.05) is 13.3 Å². The number of benzene rings is 1. The molecule has 1 atom stereocenters. The molecule has 0 spiro atoms. The first-order valence-corrected chi connectivity index (χ1v) is 6.02. The van der Waals surface area contributed by atoms with Gasteiger partial charge in [-0.05, 0) is 19.7 Å². The SMILES string of the molecule is CNC.COC(=O)C(Cc1ccccc1)NC(C)=O. The standard InChI is InChI=1S/C12H15NO3.C2H7N/c1-9(14)13-11(12(15)16-2)8-10-6-4-3-5-7-10;1-3-2/h3-7,11H,8H2,1-2H3,(H,13,14);3H,1-2H3. The number of hydrogen-bond donors (Lipinski definition) is 2. The van der Waals surface area contributed by atoms with Gasteiger partial charge in [0.1, 0.15) is 6.04 Å². The average molecular weight is 266 g/mol. The largest absolute Gasteiger partial charge is 0.467 e. The minimum atomic E-state index is -0.620. The maximum Gasteiger partial charge on any atom is 0.328 e. The molecule has 1 rings (SSSR count). The van der Waals surface area contributed by atoms with E-state index in [0.717, 1.165) is 5.56 Å². The highest BCUT2D eigenvalue weighted by molar-refractivity contribution is 5.83. The van der Waals surface area contributed by atoms with Gasteiger partial charge in [-0.25, -0.2) is 4.79 Å². The van der Waals surface area contributed by atoms with Gasteiger partial charge >= 0.3 is 5.97 Å². The summed E-state index contributed by atoms with van der Waals surface area (Å²) < 4.78 is 4.63. The van der Waals surface area contributed by atoms with Crippen molar-refractivity contribution < 1.29 is 14.3 Å². The summed E-state index contributed by atoms with van der Waals surface area (Å²) in [7, 11) is 5.06. The lowest BCUT2D eigenvalue weighted by Gasteiger charge is -2.15. The van der Waals surface area contributed by atoms with Gasteiger partial charge < -0.3 is 15.4 Å². The van der Waals surface area contributed by atoms with Gasteiger partial charge in [-0.1, -0.05) is 30.3 Å². The predicted octanol–water partition coefficient (Wildman–Crippen LogP) is 0.742. The van der Waals surface area contributed by atoms with Crippen molar-refractivity contribution in [2.75, 3.05) is 21.2 Å². The minimum Gasteiger partial charge on any atom is -0.467 e. The van der Waals surface area contributed by atoms with E-state index in [9.17, 15) is 9.59 Å². The van der Waals surface area contributed by atoms with Gasteiger partial charge in [-0.2, -0.15) is 0 Å². The van der Waals surface area contributed by atoms with Crippen LogP contribution in [0, 0.1) is 0 Å². The lowest BCUT2D eigenvalue weighted by atomic mass is 10.1. The number of nitrogens with one attached hydrogen (secondary N) is 2. The smallest absolute Gasteiger partial charge is 0.328 e. The number of amides is 1. The van der Waals surface area contributed by atoms with Crippen LogP contribution in [0.2, 0.25) is 0 Å². The van der Waals surface area contributed by atoms with Crippen molar-refractivity contribution in [2.24, 2.45) is 0 Å². The van der Waals surface area contributed by atoms with E-state index in [1.165, 1.54) is 14.0 Å². The van der Waals surface area contributed by atoms with Crippen molar-refractivity contribution in [3.63, 3.8) is 0 Å². The molecule has 0 fully saturated rings. The summed E-state index contributed by atoms with van der Waals surface area (Å²) in [5.41, 5.74) is 0.978. The molecule has 1 aromatic carbocycles. The summed E-state index contributed by atoms with van der Waals surface area (Å²) >= 11 is 0.